The molecule has 0 saturated carbocycles. The second-order valence-electron chi connectivity index (χ2n) is 5.13. The Morgan fingerprint density at radius 3 is 2.32 bits per heavy atom. The van der Waals surface area contributed by atoms with E-state index in [0.717, 1.165) is 0 Å². The average Bonchev–Trinajstić information content (AvgIpc) is 2.53. The third kappa shape index (κ3) is 3.67. The summed E-state index contributed by atoms with van der Waals surface area (Å²) in [6, 6.07) is 14.3. The van der Waals surface area contributed by atoms with Crippen LogP contribution in [0.4, 0.5) is 5.69 Å². The first-order chi connectivity index (χ1) is 10.4. The quantitative estimate of drug-likeness (QED) is 0.654. The molecule has 0 aliphatic heterocycles. The lowest BCUT2D eigenvalue weighted by Crippen LogP contribution is -2.38. The van der Waals surface area contributed by atoms with Crippen LogP contribution in [0.15, 0.2) is 54.6 Å². The fourth-order valence-electron chi connectivity index (χ4n) is 1.99. The molecule has 0 aromatic heterocycles. The number of hydrogen-bond donors (Lipinski definition) is 2. The van der Waals surface area contributed by atoms with E-state index in [-0.39, 0.29) is 12.2 Å². The van der Waals surface area contributed by atoms with Crippen LogP contribution in [0.25, 0.3) is 0 Å². The molecule has 6 nitrogen and oxygen atoms in total. The molecule has 2 N–H and O–H groups in total. The largest absolute Gasteiger partial charge is 0.384 e. The second-order valence-corrected chi connectivity index (χ2v) is 5.13. The lowest BCUT2D eigenvalue weighted by atomic mass is 9.96. The van der Waals surface area contributed by atoms with Crippen LogP contribution < -0.4 is 5.32 Å². The standard InChI is InChI=1S/C16H16N2O4/c1-16(20,13-5-3-2-4-6-13)11-17-15(19)12-7-9-14(10-8-12)18(21)22/h2-10,20H,11H2,1H3,(H,17,19). The van der Waals surface area contributed by atoms with Gasteiger partial charge in [0.25, 0.3) is 11.6 Å². The fourth-order valence-corrected chi connectivity index (χ4v) is 1.99. The Bertz CT molecular complexity index is 666. The van der Waals surface area contributed by atoms with E-state index in [1.54, 1.807) is 19.1 Å². The summed E-state index contributed by atoms with van der Waals surface area (Å²) in [6.07, 6.45) is 0. The highest BCUT2D eigenvalue weighted by Crippen LogP contribution is 2.19. The van der Waals surface area contributed by atoms with Crippen LogP contribution >= 0.6 is 0 Å². The minimum atomic E-state index is -1.20. The molecule has 114 valence electrons. The van der Waals surface area contributed by atoms with Crippen molar-refractivity contribution in [3.05, 3.63) is 75.8 Å². The zero-order valence-corrected chi connectivity index (χ0v) is 12.0. The zero-order chi connectivity index (χ0) is 16.2. The molecular formula is C16H16N2O4. The molecule has 22 heavy (non-hydrogen) atoms. The summed E-state index contributed by atoms with van der Waals surface area (Å²) in [5.74, 6) is -0.397. The van der Waals surface area contributed by atoms with Crippen molar-refractivity contribution in [2.45, 2.75) is 12.5 Å². The average molecular weight is 300 g/mol. The fraction of sp³-hybridized carbons (Fsp3) is 0.188. The first-order valence-electron chi connectivity index (χ1n) is 6.71. The summed E-state index contributed by atoms with van der Waals surface area (Å²) in [5, 5.41) is 23.6. The normalized spacial score (nSPS) is 13.2. The van der Waals surface area contributed by atoms with Crippen LogP contribution in [0, 0.1) is 10.1 Å². The number of nitrogens with zero attached hydrogens (tertiary/aromatic N) is 1. The van der Waals surface area contributed by atoms with Crippen molar-refractivity contribution in [3.63, 3.8) is 0 Å². The van der Waals surface area contributed by atoms with Crippen molar-refractivity contribution in [3.8, 4) is 0 Å². The molecule has 0 aliphatic carbocycles. The maximum absolute atomic E-state index is 12.0. The van der Waals surface area contributed by atoms with E-state index in [0.29, 0.717) is 11.1 Å². The predicted molar refractivity (Wildman–Crippen MR) is 81.4 cm³/mol. The summed E-state index contributed by atoms with van der Waals surface area (Å²) in [4.78, 5) is 22.1. The number of rotatable bonds is 5. The summed E-state index contributed by atoms with van der Waals surface area (Å²) in [5.41, 5.74) is -0.279. The van der Waals surface area contributed by atoms with Crippen molar-refractivity contribution < 1.29 is 14.8 Å². The van der Waals surface area contributed by atoms with Gasteiger partial charge in [0, 0.05) is 17.7 Å². The number of carbonyl (C=O) groups excluding carboxylic acids is 1. The highest BCUT2D eigenvalue weighted by molar-refractivity contribution is 5.94. The number of nitrogens with one attached hydrogen (secondary N) is 1. The smallest absolute Gasteiger partial charge is 0.269 e. The highest BCUT2D eigenvalue weighted by Gasteiger charge is 2.23. The lowest BCUT2D eigenvalue weighted by Gasteiger charge is -2.24. The summed E-state index contributed by atoms with van der Waals surface area (Å²) in [6.45, 7) is 1.64. The monoisotopic (exact) mass is 300 g/mol. The van der Waals surface area contributed by atoms with Gasteiger partial charge in [-0.15, -0.1) is 0 Å². The van der Waals surface area contributed by atoms with E-state index in [1.807, 2.05) is 18.2 Å². The first-order valence-corrected chi connectivity index (χ1v) is 6.71. The molecule has 2 rings (SSSR count). The Kier molecular flexibility index (Phi) is 4.53. The van der Waals surface area contributed by atoms with Gasteiger partial charge < -0.3 is 10.4 Å². The minimum absolute atomic E-state index is 0.0346. The van der Waals surface area contributed by atoms with Crippen molar-refractivity contribution in [1.82, 2.24) is 5.32 Å². The van der Waals surface area contributed by atoms with Gasteiger partial charge in [-0.3, -0.25) is 14.9 Å². The maximum Gasteiger partial charge on any atom is 0.269 e. The van der Waals surface area contributed by atoms with E-state index < -0.39 is 16.4 Å². The van der Waals surface area contributed by atoms with E-state index in [1.165, 1.54) is 24.3 Å². The number of aliphatic hydroxyl groups is 1. The van der Waals surface area contributed by atoms with Gasteiger partial charge in [-0.05, 0) is 24.6 Å². The van der Waals surface area contributed by atoms with Crippen LogP contribution in [0.3, 0.4) is 0 Å². The lowest BCUT2D eigenvalue weighted by molar-refractivity contribution is -0.384. The molecule has 2 aromatic rings. The molecule has 1 amide bonds. The maximum atomic E-state index is 12.0. The van der Waals surface area contributed by atoms with E-state index in [4.69, 9.17) is 0 Å². The van der Waals surface area contributed by atoms with Gasteiger partial charge in [0.15, 0.2) is 0 Å². The van der Waals surface area contributed by atoms with Gasteiger partial charge >= 0.3 is 0 Å². The van der Waals surface area contributed by atoms with Crippen molar-refractivity contribution >= 4 is 11.6 Å². The van der Waals surface area contributed by atoms with Gasteiger partial charge in [0.1, 0.15) is 5.60 Å². The Morgan fingerprint density at radius 1 is 1.18 bits per heavy atom. The molecule has 2 aromatic carbocycles. The summed E-state index contributed by atoms with van der Waals surface area (Å²) < 4.78 is 0. The molecule has 0 bridgehead atoms. The minimum Gasteiger partial charge on any atom is -0.384 e. The molecule has 1 atom stereocenters. The van der Waals surface area contributed by atoms with E-state index >= 15 is 0 Å². The molecule has 0 saturated heterocycles. The van der Waals surface area contributed by atoms with Gasteiger partial charge in [0.2, 0.25) is 0 Å². The molecule has 0 aliphatic rings. The van der Waals surface area contributed by atoms with Crippen LogP contribution in [0.2, 0.25) is 0 Å². The summed E-state index contributed by atoms with van der Waals surface area (Å²) >= 11 is 0. The molecule has 0 heterocycles. The first kappa shape index (κ1) is 15.7. The number of carbonyl (C=O) groups is 1. The SMILES string of the molecule is CC(O)(CNC(=O)c1ccc([N+](=O)[O-])cc1)c1ccccc1. The topological polar surface area (TPSA) is 92.5 Å². The van der Waals surface area contributed by atoms with Crippen molar-refractivity contribution in [1.29, 1.82) is 0 Å². The predicted octanol–water partition coefficient (Wildman–Crippen LogP) is 2.23. The molecular weight excluding hydrogens is 284 g/mol. The Labute approximate surface area is 127 Å². The summed E-state index contributed by atoms with van der Waals surface area (Å²) in [7, 11) is 0. The molecule has 6 heteroatoms. The number of benzene rings is 2. The Morgan fingerprint density at radius 2 is 1.77 bits per heavy atom. The van der Waals surface area contributed by atoms with Crippen molar-refractivity contribution in [2.75, 3.05) is 6.54 Å². The zero-order valence-electron chi connectivity index (χ0n) is 12.0. The van der Waals surface area contributed by atoms with Gasteiger partial charge in [-0.1, -0.05) is 30.3 Å². The third-order valence-corrected chi connectivity index (χ3v) is 3.33. The number of nitro groups is 1. The number of nitro benzene ring substituents is 1. The molecule has 0 spiro atoms. The molecule has 0 radical (unpaired) electrons. The number of non-ortho nitro benzene ring substituents is 1. The third-order valence-electron chi connectivity index (χ3n) is 3.33. The van der Waals surface area contributed by atoms with E-state index in [2.05, 4.69) is 5.32 Å². The van der Waals surface area contributed by atoms with Crippen LogP contribution in [-0.2, 0) is 5.60 Å². The van der Waals surface area contributed by atoms with Crippen LogP contribution in [0.1, 0.15) is 22.8 Å². The number of amides is 1. The second kappa shape index (κ2) is 6.36. The Balaban J connectivity index is 2.02. The van der Waals surface area contributed by atoms with Crippen LogP contribution in [0.5, 0.6) is 0 Å². The van der Waals surface area contributed by atoms with Crippen molar-refractivity contribution in [2.24, 2.45) is 0 Å². The van der Waals surface area contributed by atoms with Gasteiger partial charge in [0.05, 0.1) is 11.5 Å². The van der Waals surface area contributed by atoms with Gasteiger partial charge in [-0.25, -0.2) is 0 Å². The molecule has 0 fully saturated rings. The highest BCUT2D eigenvalue weighted by atomic mass is 16.6. The van der Waals surface area contributed by atoms with E-state index in [9.17, 15) is 20.0 Å². The van der Waals surface area contributed by atoms with Gasteiger partial charge in [-0.2, -0.15) is 0 Å². The van der Waals surface area contributed by atoms with Crippen LogP contribution in [-0.4, -0.2) is 22.5 Å². The number of hydrogen-bond acceptors (Lipinski definition) is 4. The Hall–Kier alpha value is -2.73. The molecule has 1 unspecified atom stereocenters.